The van der Waals surface area contributed by atoms with Gasteiger partial charge in [-0.1, -0.05) is 36.1 Å². The summed E-state index contributed by atoms with van der Waals surface area (Å²) in [7, 11) is 0. The van der Waals surface area contributed by atoms with E-state index >= 15 is 0 Å². The number of hydrogen-bond acceptors (Lipinski definition) is 1. The van der Waals surface area contributed by atoms with Gasteiger partial charge >= 0.3 is 0 Å². The Labute approximate surface area is 158 Å². The Morgan fingerprint density at radius 1 is 0.821 bits per heavy atom. The second-order valence-electron chi connectivity index (χ2n) is 5.80. The van der Waals surface area contributed by atoms with Gasteiger partial charge in [-0.2, -0.15) is 8.78 Å². The van der Waals surface area contributed by atoms with Crippen LogP contribution in [0.4, 0.5) is 22.0 Å². The van der Waals surface area contributed by atoms with Gasteiger partial charge in [0.25, 0.3) is 0 Å². The molecule has 0 unspecified atom stereocenters. The van der Waals surface area contributed by atoms with Crippen molar-refractivity contribution in [3.05, 3.63) is 88.8 Å². The van der Waals surface area contributed by atoms with Gasteiger partial charge in [0.15, 0.2) is 17.4 Å². The topological polar surface area (TPSA) is 9.23 Å². The predicted molar refractivity (Wildman–Crippen MR) is 96.5 cm³/mol. The lowest BCUT2D eigenvalue weighted by molar-refractivity contribution is 0.301. The summed E-state index contributed by atoms with van der Waals surface area (Å²) >= 11 is 0. The van der Waals surface area contributed by atoms with E-state index in [1.54, 1.807) is 25.1 Å². The fraction of sp³-hybridized carbons (Fsp3) is 0.0909. The van der Waals surface area contributed by atoms with E-state index in [1.807, 2.05) is 0 Å². The maximum atomic E-state index is 14.2. The van der Waals surface area contributed by atoms with Crippen LogP contribution in [0.3, 0.4) is 0 Å². The van der Waals surface area contributed by atoms with Crippen molar-refractivity contribution < 1.29 is 26.7 Å². The molecule has 1 nitrogen and oxygen atoms in total. The van der Waals surface area contributed by atoms with Gasteiger partial charge < -0.3 is 4.74 Å². The van der Waals surface area contributed by atoms with E-state index in [2.05, 4.69) is 11.8 Å². The zero-order valence-corrected chi connectivity index (χ0v) is 14.6. The Hall–Kier alpha value is -3.33. The maximum absolute atomic E-state index is 14.2. The summed E-state index contributed by atoms with van der Waals surface area (Å²) in [5.74, 6) is -3.52. The highest BCUT2D eigenvalue weighted by atomic mass is 19.2. The molecule has 0 spiro atoms. The predicted octanol–water partition coefficient (Wildman–Crippen LogP) is 5.89. The molecule has 0 aromatic heterocycles. The summed E-state index contributed by atoms with van der Waals surface area (Å²) in [6.07, 6.45) is 2.98. The number of rotatable bonds is 3. The van der Waals surface area contributed by atoms with Crippen LogP contribution in [0.5, 0.6) is 5.75 Å². The molecule has 0 atom stereocenters. The van der Waals surface area contributed by atoms with Crippen molar-refractivity contribution in [2.45, 2.75) is 6.92 Å². The minimum Gasteiger partial charge on any atom is -0.483 e. The van der Waals surface area contributed by atoms with E-state index in [0.717, 1.165) is 0 Å². The molecule has 0 saturated carbocycles. The Kier molecular flexibility index (Phi) is 5.65. The molecule has 0 saturated heterocycles. The van der Waals surface area contributed by atoms with Gasteiger partial charge in [0, 0.05) is 5.56 Å². The van der Waals surface area contributed by atoms with Gasteiger partial charge in [0.05, 0.1) is 0 Å². The van der Waals surface area contributed by atoms with Crippen molar-refractivity contribution in [3.63, 3.8) is 0 Å². The van der Waals surface area contributed by atoms with Crippen molar-refractivity contribution in [2.24, 2.45) is 0 Å². The molecule has 28 heavy (non-hydrogen) atoms. The monoisotopic (exact) mass is 388 g/mol. The third kappa shape index (κ3) is 3.84. The zero-order valence-electron chi connectivity index (χ0n) is 14.6. The quantitative estimate of drug-likeness (QED) is 0.235. The highest BCUT2D eigenvalue weighted by Crippen LogP contribution is 2.29. The minimum atomic E-state index is -1.65. The van der Waals surface area contributed by atoms with Gasteiger partial charge in [-0.25, -0.2) is 13.2 Å². The second kappa shape index (κ2) is 8.13. The first kappa shape index (κ1) is 19.4. The molecule has 0 radical (unpaired) electrons. The molecule has 0 aliphatic rings. The summed E-state index contributed by atoms with van der Waals surface area (Å²) in [5.41, 5.74) is -0.695. The van der Waals surface area contributed by atoms with Crippen LogP contribution in [0.1, 0.15) is 18.1 Å². The van der Waals surface area contributed by atoms with Crippen LogP contribution in [0.2, 0.25) is 0 Å². The summed E-state index contributed by atoms with van der Waals surface area (Å²) in [6, 6.07) is 8.76. The molecule has 6 heteroatoms. The molecule has 0 aliphatic heterocycles. The third-order valence-electron chi connectivity index (χ3n) is 3.92. The van der Waals surface area contributed by atoms with Crippen LogP contribution >= 0.6 is 0 Å². The smallest absolute Gasteiger partial charge is 0.205 e. The molecule has 0 heterocycles. The highest BCUT2D eigenvalue weighted by Gasteiger charge is 2.25. The van der Waals surface area contributed by atoms with Crippen LogP contribution in [-0.4, -0.2) is 6.61 Å². The SMILES string of the molecule is C/C=C/COc1c(F)c(F)c(C#Cc2ccc3cc(F)ccc3c2)c(F)c1F. The normalized spacial score (nSPS) is 10.9. The molecule has 0 N–H and O–H groups in total. The highest BCUT2D eigenvalue weighted by molar-refractivity contribution is 5.84. The number of ether oxygens (including phenoxy) is 1. The van der Waals surface area contributed by atoms with Gasteiger partial charge in [-0.05, 0) is 42.0 Å². The number of benzene rings is 3. The van der Waals surface area contributed by atoms with Crippen molar-refractivity contribution in [1.82, 2.24) is 0 Å². The van der Waals surface area contributed by atoms with E-state index < -0.39 is 40.4 Å². The molecule has 0 amide bonds. The van der Waals surface area contributed by atoms with Gasteiger partial charge in [0.2, 0.25) is 11.6 Å². The average molecular weight is 388 g/mol. The molecule has 0 fully saturated rings. The summed E-state index contributed by atoms with van der Waals surface area (Å²) in [4.78, 5) is 0. The Bertz CT molecular complexity index is 1110. The fourth-order valence-electron chi connectivity index (χ4n) is 2.50. The van der Waals surface area contributed by atoms with Gasteiger partial charge in [-0.3, -0.25) is 0 Å². The van der Waals surface area contributed by atoms with Crippen molar-refractivity contribution in [1.29, 1.82) is 0 Å². The summed E-state index contributed by atoms with van der Waals surface area (Å²) in [5, 5.41) is 1.27. The van der Waals surface area contributed by atoms with E-state index in [-0.39, 0.29) is 6.61 Å². The van der Waals surface area contributed by atoms with Crippen LogP contribution in [0, 0.1) is 40.9 Å². The first-order chi connectivity index (χ1) is 13.4. The number of allylic oxidation sites excluding steroid dienone is 1. The molecule has 3 aromatic rings. The maximum Gasteiger partial charge on any atom is 0.205 e. The van der Waals surface area contributed by atoms with Gasteiger partial charge in [-0.15, -0.1) is 0 Å². The van der Waals surface area contributed by atoms with E-state index in [9.17, 15) is 22.0 Å². The molecule has 0 aliphatic carbocycles. The Morgan fingerprint density at radius 2 is 1.46 bits per heavy atom. The first-order valence-corrected chi connectivity index (χ1v) is 8.23. The van der Waals surface area contributed by atoms with Gasteiger partial charge in [0.1, 0.15) is 18.0 Å². The van der Waals surface area contributed by atoms with E-state index in [1.165, 1.54) is 30.3 Å². The molecule has 3 aromatic carbocycles. The summed E-state index contributed by atoms with van der Waals surface area (Å²) in [6.45, 7) is 1.41. The van der Waals surface area contributed by atoms with Crippen molar-refractivity contribution in [3.8, 4) is 17.6 Å². The fourth-order valence-corrected chi connectivity index (χ4v) is 2.50. The second-order valence-corrected chi connectivity index (χ2v) is 5.80. The Balaban J connectivity index is 2.00. The number of hydrogen-bond donors (Lipinski definition) is 0. The number of fused-ring (bicyclic) bond motifs is 1. The van der Waals surface area contributed by atoms with E-state index in [0.29, 0.717) is 16.3 Å². The lowest BCUT2D eigenvalue weighted by atomic mass is 10.1. The van der Waals surface area contributed by atoms with Crippen LogP contribution < -0.4 is 4.74 Å². The van der Waals surface area contributed by atoms with Crippen molar-refractivity contribution >= 4 is 10.8 Å². The molecular weight excluding hydrogens is 375 g/mol. The third-order valence-corrected chi connectivity index (χ3v) is 3.92. The standard InChI is InChI=1S/C22H13F5O/c1-2-3-10-28-22-20(26)18(24)17(19(25)21(22)27)9-5-13-4-6-15-12-16(23)8-7-14(15)11-13/h2-4,6-8,11-12H,10H2,1H3/b3-2+. The van der Waals surface area contributed by atoms with Crippen LogP contribution in [0.25, 0.3) is 10.8 Å². The molecule has 3 rings (SSSR count). The molecule has 0 bridgehead atoms. The first-order valence-electron chi connectivity index (χ1n) is 8.23. The van der Waals surface area contributed by atoms with Crippen molar-refractivity contribution in [2.75, 3.05) is 6.61 Å². The molecule has 142 valence electrons. The zero-order chi connectivity index (χ0) is 20.3. The lowest BCUT2D eigenvalue weighted by Crippen LogP contribution is -2.06. The lowest BCUT2D eigenvalue weighted by Gasteiger charge is -2.09. The van der Waals surface area contributed by atoms with Crippen LogP contribution in [0.15, 0.2) is 48.6 Å². The number of halogens is 5. The Morgan fingerprint density at radius 3 is 2.14 bits per heavy atom. The van der Waals surface area contributed by atoms with E-state index in [4.69, 9.17) is 4.74 Å². The molecular formula is C22H13F5O. The minimum absolute atomic E-state index is 0.244. The average Bonchev–Trinajstić information content (AvgIpc) is 2.69. The summed E-state index contributed by atoms with van der Waals surface area (Å²) < 4.78 is 74.5. The largest absolute Gasteiger partial charge is 0.483 e. The van der Waals surface area contributed by atoms with Crippen LogP contribution in [-0.2, 0) is 0 Å².